The lowest BCUT2D eigenvalue weighted by atomic mass is 9.85. The van der Waals surface area contributed by atoms with E-state index in [1.807, 2.05) is 30.3 Å². The molecule has 3 atom stereocenters. The third-order valence-electron chi connectivity index (χ3n) is 8.43. The zero-order valence-electron chi connectivity index (χ0n) is 32.2. The van der Waals surface area contributed by atoms with Gasteiger partial charge in [0, 0.05) is 61.3 Å². The second kappa shape index (κ2) is 28.0. The molecule has 0 saturated carbocycles. The predicted molar refractivity (Wildman–Crippen MR) is 211 cm³/mol. The molecule has 4 amide bonds. The van der Waals surface area contributed by atoms with Gasteiger partial charge in [0.1, 0.15) is 0 Å². The molecule has 1 aliphatic heterocycles. The standard InChI is InChI=1S/C38H55Cl2N5O12/c1-41-33(46)5-9-52-13-17-56-19-15-54-11-7-43-37(50)35(48)36(49)38(51)44-8-12-55-16-20-57-18-14-53-10-6-34(47)45-28-4-2-3-26(21-28)30-24-42-25-31-29(30)22-27(39)23-32(31)40/h2-4,21-23,30,35-36,42,48-49H,5-20,24-25H2,1H3,(H,41,46)(H,43,50)(H,44,51)(H,45,47)/t30?,35-,36-/m1/s1. The number of aliphatic hydroxyl groups excluding tert-OH is 2. The van der Waals surface area contributed by atoms with Gasteiger partial charge in [-0.2, -0.15) is 0 Å². The highest BCUT2D eigenvalue weighted by atomic mass is 35.5. The molecular weight excluding hydrogens is 789 g/mol. The number of rotatable bonds is 29. The first-order valence-corrected chi connectivity index (χ1v) is 19.5. The molecule has 0 saturated heterocycles. The van der Waals surface area contributed by atoms with Crippen molar-refractivity contribution < 1.29 is 57.8 Å². The predicted octanol–water partition coefficient (Wildman–Crippen LogP) is 0.747. The van der Waals surface area contributed by atoms with Crippen molar-refractivity contribution in [2.75, 3.05) is 111 Å². The molecule has 0 fully saturated rings. The fraction of sp³-hybridized carbons (Fsp3) is 0.579. The monoisotopic (exact) mass is 843 g/mol. The summed E-state index contributed by atoms with van der Waals surface area (Å²) < 4.78 is 32.2. The molecule has 19 heteroatoms. The molecule has 0 bridgehead atoms. The molecule has 2 aromatic carbocycles. The molecule has 0 spiro atoms. The highest BCUT2D eigenvalue weighted by Gasteiger charge is 2.30. The van der Waals surface area contributed by atoms with Crippen LogP contribution in [0, 0.1) is 0 Å². The smallest absolute Gasteiger partial charge is 0.252 e. The largest absolute Gasteiger partial charge is 0.380 e. The minimum atomic E-state index is -1.97. The first kappa shape index (κ1) is 47.9. The summed E-state index contributed by atoms with van der Waals surface area (Å²) in [6.45, 7) is 4.55. The van der Waals surface area contributed by atoms with E-state index in [-0.39, 0.29) is 89.9 Å². The van der Waals surface area contributed by atoms with E-state index in [0.29, 0.717) is 55.3 Å². The summed E-state index contributed by atoms with van der Waals surface area (Å²) >= 11 is 12.7. The van der Waals surface area contributed by atoms with Crippen LogP contribution < -0.4 is 26.6 Å². The van der Waals surface area contributed by atoms with Crippen LogP contribution in [-0.4, -0.2) is 152 Å². The molecule has 0 aliphatic carbocycles. The lowest BCUT2D eigenvalue weighted by Crippen LogP contribution is -2.50. The van der Waals surface area contributed by atoms with Gasteiger partial charge in [-0.15, -0.1) is 0 Å². The van der Waals surface area contributed by atoms with E-state index in [0.717, 1.165) is 23.2 Å². The second-order valence-corrected chi connectivity index (χ2v) is 13.5. The van der Waals surface area contributed by atoms with Crippen LogP contribution in [0.3, 0.4) is 0 Å². The summed E-state index contributed by atoms with van der Waals surface area (Å²) in [5.41, 5.74) is 3.82. The minimum Gasteiger partial charge on any atom is -0.380 e. The van der Waals surface area contributed by atoms with Crippen LogP contribution in [0.15, 0.2) is 36.4 Å². The van der Waals surface area contributed by atoms with Gasteiger partial charge in [0.15, 0.2) is 12.2 Å². The Bertz CT molecular complexity index is 1540. The Morgan fingerprint density at radius 3 is 1.77 bits per heavy atom. The fourth-order valence-corrected chi connectivity index (χ4v) is 6.03. The maximum absolute atomic E-state index is 12.5. The van der Waals surface area contributed by atoms with E-state index in [1.165, 1.54) is 0 Å². The van der Waals surface area contributed by atoms with E-state index >= 15 is 0 Å². The first-order valence-electron chi connectivity index (χ1n) is 18.8. The zero-order chi connectivity index (χ0) is 41.3. The molecule has 0 aromatic heterocycles. The van der Waals surface area contributed by atoms with Crippen molar-refractivity contribution in [3.63, 3.8) is 0 Å². The molecule has 1 aliphatic rings. The van der Waals surface area contributed by atoms with Crippen molar-refractivity contribution in [3.8, 4) is 0 Å². The van der Waals surface area contributed by atoms with Crippen molar-refractivity contribution in [3.05, 3.63) is 63.1 Å². The normalized spacial score (nSPS) is 14.6. The van der Waals surface area contributed by atoms with E-state index < -0.39 is 24.0 Å². The van der Waals surface area contributed by atoms with Crippen LogP contribution in [0.1, 0.15) is 35.4 Å². The van der Waals surface area contributed by atoms with Crippen LogP contribution in [0.4, 0.5) is 5.69 Å². The molecule has 1 unspecified atom stereocenters. The van der Waals surface area contributed by atoms with Gasteiger partial charge in [-0.05, 0) is 41.0 Å². The van der Waals surface area contributed by atoms with Gasteiger partial charge >= 0.3 is 0 Å². The second-order valence-electron chi connectivity index (χ2n) is 12.6. The zero-order valence-corrected chi connectivity index (χ0v) is 33.7. The molecule has 3 rings (SSSR count). The van der Waals surface area contributed by atoms with Crippen LogP contribution in [0.5, 0.6) is 0 Å². The van der Waals surface area contributed by atoms with Crippen molar-refractivity contribution in [1.82, 2.24) is 21.3 Å². The maximum atomic E-state index is 12.5. The lowest BCUT2D eigenvalue weighted by molar-refractivity contribution is -0.146. The first-order chi connectivity index (χ1) is 27.6. The van der Waals surface area contributed by atoms with E-state index in [4.69, 9.17) is 51.6 Å². The number of fused-ring (bicyclic) bond motifs is 1. The van der Waals surface area contributed by atoms with Crippen LogP contribution in [0.25, 0.3) is 0 Å². The maximum Gasteiger partial charge on any atom is 0.252 e. The summed E-state index contributed by atoms with van der Waals surface area (Å²) in [6, 6.07) is 11.4. The highest BCUT2D eigenvalue weighted by molar-refractivity contribution is 6.35. The molecule has 318 valence electrons. The molecular formula is C38H55Cl2N5O12. The summed E-state index contributed by atoms with van der Waals surface area (Å²) in [5.74, 6) is -2.09. The van der Waals surface area contributed by atoms with Gasteiger partial charge in [-0.1, -0.05) is 35.3 Å². The number of aliphatic hydroxyl groups is 2. The molecule has 2 aromatic rings. The molecule has 17 nitrogen and oxygen atoms in total. The van der Waals surface area contributed by atoms with E-state index in [1.54, 1.807) is 13.1 Å². The summed E-state index contributed by atoms with van der Waals surface area (Å²) in [4.78, 5) is 47.8. The molecule has 1 heterocycles. The number of benzene rings is 2. The van der Waals surface area contributed by atoms with Crippen LogP contribution in [-0.2, 0) is 54.1 Å². The van der Waals surface area contributed by atoms with Gasteiger partial charge in [0.05, 0.1) is 85.7 Å². The number of hydrogen-bond donors (Lipinski definition) is 7. The number of amides is 4. The van der Waals surface area contributed by atoms with Gasteiger partial charge in [-0.25, -0.2) is 0 Å². The molecule has 7 N–H and O–H groups in total. The van der Waals surface area contributed by atoms with Crippen LogP contribution in [0.2, 0.25) is 10.0 Å². The Hall–Kier alpha value is -3.46. The Kier molecular flexibility index (Phi) is 23.6. The number of carbonyl (C=O) groups excluding carboxylic acids is 4. The summed E-state index contributed by atoms with van der Waals surface area (Å²) in [5, 5.41) is 34.9. The topological polar surface area (TPSA) is 224 Å². The van der Waals surface area contributed by atoms with Crippen molar-refractivity contribution in [2.24, 2.45) is 0 Å². The fourth-order valence-electron chi connectivity index (χ4n) is 5.45. The Balaban J connectivity index is 1.13. The lowest BCUT2D eigenvalue weighted by Gasteiger charge is -2.28. The highest BCUT2D eigenvalue weighted by Crippen LogP contribution is 2.36. The van der Waals surface area contributed by atoms with E-state index in [2.05, 4.69) is 26.6 Å². The van der Waals surface area contributed by atoms with Crippen LogP contribution >= 0.6 is 23.2 Å². The van der Waals surface area contributed by atoms with Gasteiger partial charge in [0.2, 0.25) is 11.8 Å². The number of carbonyl (C=O) groups is 4. The average Bonchev–Trinajstić information content (AvgIpc) is 3.20. The SMILES string of the molecule is CNC(=O)CCOCCOCCOCCNC(=O)[C@H](O)[C@@H](O)C(=O)NCCOCCOCCOCCC(=O)Nc1cccc(C2CNCc3c(Cl)cc(Cl)cc32)c1. The summed E-state index contributed by atoms with van der Waals surface area (Å²) in [6.07, 6.45) is -3.49. The third-order valence-corrected chi connectivity index (χ3v) is 8.99. The van der Waals surface area contributed by atoms with Gasteiger partial charge < -0.3 is 65.2 Å². The Morgan fingerprint density at radius 1 is 0.719 bits per heavy atom. The Morgan fingerprint density at radius 2 is 1.23 bits per heavy atom. The van der Waals surface area contributed by atoms with E-state index in [9.17, 15) is 29.4 Å². The molecule has 0 radical (unpaired) electrons. The Labute approximate surface area is 342 Å². The third kappa shape index (κ3) is 18.8. The van der Waals surface area contributed by atoms with Crippen molar-refractivity contribution in [1.29, 1.82) is 0 Å². The number of nitrogens with one attached hydrogen (secondary N) is 5. The van der Waals surface area contributed by atoms with Crippen molar-refractivity contribution in [2.45, 2.75) is 37.5 Å². The number of hydrogen-bond acceptors (Lipinski definition) is 13. The summed E-state index contributed by atoms with van der Waals surface area (Å²) in [7, 11) is 1.56. The minimum absolute atomic E-state index is 0.0350. The average molecular weight is 845 g/mol. The number of ether oxygens (including phenoxy) is 6. The molecule has 57 heavy (non-hydrogen) atoms. The van der Waals surface area contributed by atoms with Crippen molar-refractivity contribution >= 4 is 52.5 Å². The quantitative estimate of drug-likeness (QED) is 0.0563. The van der Waals surface area contributed by atoms with Gasteiger partial charge in [-0.3, -0.25) is 19.2 Å². The van der Waals surface area contributed by atoms with Gasteiger partial charge in [0.25, 0.3) is 11.8 Å². The number of anilines is 1. The number of halogens is 2.